The Morgan fingerprint density at radius 1 is 1.19 bits per heavy atom. The molecule has 1 amide bonds. The van der Waals surface area contributed by atoms with Crippen molar-refractivity contribution in [2.45, 2.75) is 51.1 Å². The van der Waals surface area contributed by atoms with Gasteiger partial charge in [-0.25, -0.2) is 0 Å². The molecule has 8 nitrogen and oxygen atoms in total. The van der Waals surface area contributed by atoms with Crippen molar-refractivity contribution in [3.05, 3.63) is 17.1 Å². The van der Waals surface area contributed by atoms with Gasteiger partial charge in [0.2, 0.25) is 5.91 Å². The fourth-order valence-electron chi connectivity index (χ4n) is 3.89. The Hall–Kier alpha value is -2.22. The molecule has 3 aliphatic rings. The van der Waals surface area contributed by atoms with E-state index in [0.29, 0.717) is 31.3 Å². The third-order valence-corrected chi connectivity index (χ3v) is 5.71. The van der Waals surface area contributed by atoms with Crippen LogP contribution in [-0.2, 0) is 29.7 Å². The van der Waals surface area contributed by atoms with E-state index in [1.807, 2.05) is 16.6 Å². The number of hydrogen-bond acceptors (Lipinski definition) is 6. The molecule has 4 heterocycles. The minimum atomic E-state index is 0.239. The average molecular weight is 357 g/mol. The number of nitrogens with zero attached hydrogens (tertiary/aromatic N) is 5. The predicted molar refractivity (Wildman–Crippen MR) is 90.9 cm³/mol. The molecule has 2 aliphatic heterocycles. The summed E-state index contributed by atoms with van der Waals surface area (Å²) in [6.07, 6.45) is 4.89. The maximum absolute atomic E-state index is 12.5. The van der Waals surface area contributed by atoms with Crippen LogP contribution in [0.2, 0.25) is 0 Å². The van der Waals surface area contributed by atoms with E-state index in [1.54, 1.807) is 0 Å². The SMILES string of the molecule is Cn1nc(-c2nc(C3CCOCC3)no2)c2c1CN(C(=O)CC1CC1)C2. The van der Waals surface area contributed by atoms with Crippen LogP contribution in [0.25, 0.3) is 11.6 Å². The molecule has 0 unspecified atom stereocenters. The Balaban J connectivity index is 1.37. The van der Waals surface area contributed by atoms with Gasteiger partial charge in [0.1, 0.15) is 0 Å². The molecule has 1 aliphatic carbocycles. The highest BCUT2D eigenvalue weighted by atomic mass is 16.5. The summed E-state index contributed by atoms with van der Waals surface area (Å²) in [6, 6.07) is 0. The van der Waals surface area contributed by atoms with Gasteiger partial charge in [0.15, 0.2) is 11.5 Å². The molecular formula is C18H23N5O3. The van der Waals surface area contributed by atoms with Crippen LogP contribution < -0.4 is 0 Å². The number of carbonyl (C=O) groups is 1. The number of fused-ring (bicyclic) bond motifs is 1. The summed E-state index contributed by atoms with van der Waals surface area (Å²) in [6.45, 7) is 2.68. The number of rotatable bonds is 4. The molecule has 0 aromatic carbocycles. The summed E-state index contributed by atoms with van der Waals surface area (Å²) >= 11 is 0. The van der Waals surface area contributed by atoms with Gasteiger partial charge in [0.25, 0.3) is 5.89 Å². The molecule has 0 atom stereocenters. The Bertz CT molecular complexity index is 832. The van der Waals surface area contributed by atoms with Crippen LogP contribution in [0, 0.1) is 5.92 Å². The quantitative estimate of drug-likeness (QED) is 0.832. The van der Waals surface area contributed by atoms with Crippen molar-refractivity contribution in [1.29, 1.82) is 0 Å². The molecule has 2 aromatic heterocycles. The van der Waals surface area contributed by atoms with Crippen LogP contribution >= 0.6 is 0 Å². The largest absolute Gasteiger partial charge is 0.381 e. The highest BCUT2D eigenvalue weighted by Gasteiger charge is 2.34. The summed E-state index contributed by atoms with van der Waals surface area (Å²) in [7, 11) is 1.91. The van der Waals surface area contributed by atoms with E-state index < -0.39 is 0 Å². The third-order valence-electron chi connectivity index (χ3n) is 5.71. The lowest BCUT2D eigenvalue weighted by atomic mass is 10.00. The van der Waals surface area contributed by atoms with E-state index >= 15 is 0 Å². The van der Waals surface area contributed by atoms with Gasteiger partial charge in [-0.2, -0.15) is 10.1 Å². The summed E-state index contributed by atoms with van der Waals surface area (Å²) in [5, 5.41) is 8.77. The van der Waals surface area contributed by atoms with E-state index in [4.69, 9.17) is 9.26 Å². The highest BCUT2D eigenvalue weighted by Crippen LogP contribution is 2.36. The fraction of sp³-hybridized carbons (Fsp3) is 0.667. The minimum absolute atomic E-state index is 0.239. The molecule has 0 N–H and O–H groups in total. The van der Waals surface area contributed by atoms with Gasteiger partial charge in [0.05, 0.1) is 18.8 Å². The van der Waals surface area contributed by atoms with Gasteiger partial charge >= 0.3 is 0 Å². The summed E-state index contributed by atoms with van der Waals surface area (Å²) < 4.78 is 12.8. The maximum atomic E-state index is 12.5. The highest BCUT2D eigenvalue weighted by molar-refractivity contribution is 5.78. The number of carbonyl (C=O) groups excluding carboxylic acids is 1. The van der Waals surface area contributed by atoms with Crippen LogP contribution in [-0.4, -0.2) is 43.9 Å². The fourth-order valence-corrected chi connectivity index (χ4v) is 3.89. The molecule has 2 aromatic rings. The van der Waals surface area contributed by atoms with Gasteiger partial charge < -0.3 is 14.2 Å². The Morgan fingerprint density at radius 2 is 2.00 bits per heavy atom. The number of aromatic nitrogens is 4. The van der Waals surface area contributed by atoms with E-state index in [-0.39, 0.29) is 11.8 Å². The molecule has 0 spiro atoms. The first-order chi connectivity index (χ1) is 12.7. The lowest BCUT2D eigenvalue weighted by Crippen LogP contribution is -2.26. The van der Waals surface area contributed by atoms with Crippen LogP contribution in [0.4, 0.5) is 0 Å². The monoisotopic (exact) mass is 357 g/mol. The molecule has 5 rings (SSSR count). The van der Waals surface area contributed by atoms with Crippen molar-refractivity contribution in [3.8, 4) is 11.6 Å². The first-order valence-electron chi connectivity index (χ1n) is 9.43. The molecular weight excluding hydrogens is 334 g/mol. The van der Waals surface area contributed by atoms with Crippen LogP contribution in [0.15, 0.2) is 4.52 Å². The summed E-state index contributed by atoms with van der Waals surface area (Å²) in [4.78, 5) is 19.0. The van der Waals surface area contributed by atoms with Crippen molar-refractivity contribution in [3.63, 3.8) is 0 Å². The van der Waals surface area contributed by atoms with Crippen LogP contribution in [0.5, 0.6) is 0 Å². The Morgan fingerprint density at radius 3 is 2.77 bits per heavy atom. The van der Waals surface area contributed by atoms with Crippen LogP contribution in [0.3, 0.4) is 0 Å². The molecule has 26 heavy (non-hydrogen) atoms. The number of aryl methyl sites for hydroxylation is 1. The minimum Gasteiger partial charge on any atom is -0.381 e. The molecule has 0 radical (unpaired) electrons. The van der Waals surface area contributed by atoms with E-state index in [0.717, 1.165) is 48.8 Å². The second-order valence-electron chi connectivity index (χ2n) is 7.64. The van der Waals surface area contributed by atoms with Crippen molar-refractivity contribution in [2.24, 2.45) is 13.0 Å². The number of amides is 1. The molecule has 1 saturated heterocycles. The van der Waals surface area contributed by atoms with E-state index in [2.05, 4.69) is 15.2 Å². The van der Waals surface area contributed by atoms with E-state index in [1.165, 1.54) is 12.8 Å². The van der Waals surface area contributed by atoms with Gasteiger partial charge in [0, 0.05) is 38.2 Å². The topological polar surface area (TPSA) is 86.3 Å². The lowest BCUT2D eigenvalue weighted by Gasteiger charge is -2.18. The molecule has 2 fully saturated rings. The molecule has 0 bridgehead atoms. The van der Waals surface area contributed by atoms with Gasteiger partial charge in [-0.05, 0) is 31.6 Å². The second kappa shape index (κ2) is 6.19. The molecule has 8 heteroatoms. The summed E-state index contributed by atoms with van der Waals surface area (Å²) in [5.41, 5.74) is 2.82. The van der Waals surface area contributed by atoms with Gasteiger partial charge in [-0.1, -0.05) is 5.16 Å². The predicted octanol–water partition coefficient (Wildman–Crippen LogP) is 2.01. The Kier molecular flexibility index (Phi) is 3.81. The third kappa shape index (κ3) is 2.82. The lowest BCUT2D eigenvalue weighted by molar-refractivity contribution is -0.132. The van der Waals surface area contributed by atoms with Gasteiger partial charge in [-0.15, -0.1) is 0 Å². The average Bonchev–Trinajstić information content (AvgIpc) is 3.09. The zero-order chi connectivity index (χ0) is 17.7. The van der Waals surface area contributed by atoms with Crippen LogP contribution in [0.1, 0.15) is 55.1 Å². The Labute approximate surface area is 151 Å². The van der Waals surface area contributed by atoms with Gasteiger partial charge in [-0.3, -0.25) is 9.48 Å². The smallest absolute Gasteiger partial charge is 0.278 e. The first kappa shape index (κ1) is 16.0. The molecule has 138 valence electrons. The van der Waals surface area contributed by atoms with Crippen molar-refractivity contribution in [2.75, 3.05) is 13.2 Å². The zero-order valence-electron chi connectivity index (χ0n) is 15.0. The number of ether oxygens (including phenoxy) is 1. The summed E-state index contributed by atoms with van der Waals surface area (Å²) in [5.74, 6) is 2.32. The molecule has 1 saturated carbocycles. The number of hydrogen-bond donors (Lipinski definition) is 0. The maximum Gasteiger partial charge on any atom is 0.278 e. The van der Waals surface area contributed by atoms with Crippen molar-refractivity contribution >= 4 is 5.91 Å². The van der Waals surface area contributed by atoms with E-state index in [9.17, 15) is 4.79 Å². The first-order valence-corrected chi connectivity index (χ1v) is 9.43. The normalized spacial score (nSPS) is 20.6. The van der Waals surface area contributed by atoms with Crippen molar-refractivity contribution < 1.29 is 14.1 Å². The second-order valence-corrected chi connectivity index (χ2v) is 7.64. The van der Waals surface area contributed by atoms with Crippen molar-refractivity contribution in [1.82, 2.24) is 24.8 Å². The zero-order valence-corrected chi connectivity index (χ0v) is 15.0. The standard InChI is InChI=1S/C18H23N5O3/c1-22-14-10-23(15(24)8-11-2-3-11)9-13(14)16(20-22)18-19-17(21-26-18)12-4-6-25-7-5-12/h11-12H,2-10H2,1H3.